The number of piperidine rings is 2. The topological polar surface area (TPSA) is 74.8 Å². The summed E-state index contributed by atoms with van der Waals surface area (Å²) in [5, 5.41) is 6.55. The molecule has 0 amide bonds. The van der Waals surface area contributed by atoms with E-state index < -0.39 is 5.82 Å². The fourth-order valence-corrected chi connectivity index (χ4v) is 6.04. The summed E-state index contributed by atoms with van der Waals surface area (Å²) in [5.41, 5.74) is 0.736. The van der Waals surface area contributed by atoms with Crippen molar-refractivity contribution in [3.8, 4) is 11.5 Å². The molecule has 0 radical (unpaired) electrons. The van der Waals surface area contributed by atoms with E-state index in [0.717, 1.165) is 43.9 Å². The highest BCUT2D eigenvalue weighted by molar-refractivity contribution is 5.61. The summed E-state index contributed by atoms with van der Waals surface area (Å²) in [4.78, 5) is 13.5. The number of hydrogen-bond acceptors (Lipinski definition) is 8. The number of likely N-dealkylation sites (tertiary alicyclic amines) is 2. The summed E-state index contributed by atoms with van der Waals surface area (Å²) in [6.07, 6.45) is 6.87. The average molecular weight is 513 g/mol. The first-order valence-electron chi connectivity index (χ1n) is 13.5. The minimum absolute atomic E-state index is 0.0119. The van der Waals surface area contributed by atoms with Crippen LogP contribution in [0.25, 0.3) is 0 Å². The lowest BCUT2D eigenvalue weighted by molar-refractivity contribution is -0.00778. The fraction of sp³-hybridized carbons (Fsp3) is 0.643. The number of nitrogens with one attached hydrogen (secondary N) is 2. The molecule has 0 saturated carbocycles. The molecule has 2 saturated heterocycles. The molecule has 37 heavy (non-hydrogen) atoms. The minimum Gasteiger partial charge on any atom is -0.486 e. The van der Waals surface area contributed by atoms with E-state index >= 15 is 0 Å². The molecule has 3 aliphatic heterocycles. The highest BCUT2D eigenvalue weighted by atomic mass is 19.1. The molecule has 1 aromatic heterocycles. The maximum absolute atomic E-state index is 14.7. The van der Waals surface area contributed by atoms with Crippen LogP contribution < -0.4 is 20.1 Å². The zero-order valence-corrected chi connectivity index (χ0v) is 22.8. The third kappa shape index (κ3) is 5.93. The molecule has 4 heterocycles. The van der Waals surface area contributed by atoms with E-state index in [9.17, 15) is 4.39 Å². The van der Waals surface area contributed by atoms with Crippen LogP contribution in [0.1, 0.15) is 59.8 Å². The molecule has 3 aliphatic rings. The molecule has 2 aromatic rings. The monoisotopic (exact) mass is 512 g/mol. The minimum atomic E-state index is -0.456. The molecule has 9 heteroatoms. The number of fused-ring (bicyclic) bond motifs is 1. The first-order chi connectivity index (χ1) is 17.6. The predicted octanol–water partition coefficient (Wildman–Crippen LogP) is 5.05. The third-order valence-electron chi connectivity index (χ3n) is 8.22. The summed E-state index contributed by atoms with van der Waals surface area (Å²) >= 11 is 0. The Bertz CT molecular complexity index is 1090. The molecule has 2 fully saturated rings. The third-order valence-corrected chi connectivity index (χ3v) is 8.22. The lowest BCUT2D eigenvalue weighted by atomic mass is 9.77. The van der Waals surface area contributed by atoms with Gasteiger partial charge in [-0.1, -0.05) is 6.42 Å². The highest BCUT2D eigenvalue weighted by Crippen LogP contribution is 2.38. The van der Waals surface area contributed by atoms with Gasteiger partial charge in [0, 0.05) is 35.4 Å². The Hall–Kier alpha value is -2.65. The van der Waals surface area contributed by atoms with Crippen molar-refractivity contribution in [1.82, 2.24) is 19.8 Å². The van der Waals surface area contributed by atoms with Gasteiger partial charge in [0.2, 0.25) is 5.95 Å². The second kappa shape index (κ2) is 10.3. The smallest absolute Gasteiger partial charge is 0.229 e. The van der Waals surface area contributed by atoms with Gasteiger partial charge in [-0.3, -0.25) is 9.80 Å². The van der Waals surface area contributed by atoms with Crippen molar-refractivity contribution in [3.63, 3.8) is 0 Å². The van der Waals surface area contributed by atoms with Crippen molar-refractivity contribution in [3.05, 3.63) is 30.2 Å². The number of ether oxygens (including phenoxy) is 2. The molecule has 2 N–H and O–H groups in total. The van der Waals surface area contributed by atoms with Gasteiger partial charge in [-0.05, 0) is 85.6 Å². The molecule has 0 spiro atoms. The SMILES string of the molecule is CN1C(C)(C)CC(Nc2nc(Nc3ccc4c(c3)OCC(CN3CCCCC3)O4)ncc2F)CC1(C)C. The van der Waals surface area contributed by atoms with Gasteiger partial charge in [0.05, 0.1) is 6.20 Å². The zero-order chi connectivity index (χ0) is 26.2. The van der Waals surface area contributed by atoms with Crippen LogP contribution in [-0.2, 0) is 0 Å². The largest absolute Gasteiger partial charge is 0.486 e. The Kier molecular flexibility index (Phi) is 7.20. The van der Waals surface area contributed by atoms with Crippen molar-refractivity contribution >= 4 is 17.5 Å². The van der Waals surface area contributed by atoms with Gasteiger partial charge in [0.25, 0.3) is 0 Å². The van der Waals surface area contributed by atoms with Crippen LogP contribution >= 0.6 is 0 Å². The maximum Gasteiger partial charge on any atom is 0.229 e. The quantitative estimate of drug-likeness (QED) is 0.557. The van der Waals surface area contributed by atoms with Gasteiger partial charge < -0.3 is 20.1 Å². The second-order valence-corrected chi connectivity index (χ2v) is 12.0. The summed E-state index contributed by atoms with van der Waals surface area (Å²) in [7, 11) is 2.16. The number of benzene rings is 1. The number of nitrogens with zero attached hydrogens (tertiary/aromatic N) is 4. The molecular weight excluding hydrogens is 471 g/mol. The Morgan fingerprint density at radius 3 is 2.51 bits per heavy atom. The normalized spacial score (nSPS) is 24.0. The van der Waals surface area contributed by atoms with Crippen LogP contribution in [0.3, 0.4) is 0 Å². The van der Waals surface area contributed by atoms with Crippen LogP contribution in [0.15, 0.2) is 24.4 Å². The fourth-order valence-electron chi connectivity index (χ4n) is 6.04. The standard InChI is InChI=1S/C28H41FN6O2/c1-27(2)14-20(15-28(3,4)34(27)5)31-25-22(29)16-30-26(33-25)32-19-9-10-23-24(13-19)36-18-21(37-23)17-35-11-7-6-8-12-35/h9-10,13,16,20-21H,6-8,11-12,14-15,17-18H2,1-5H3,(H2,30,31,32,33). The maximum atomic E-state index is 14.7. The summed E-state index contributed by atoms with van der Waals surface area (Å²) in [5.74, 6) is 1.53. The van der Waals surface area contributed by atoms with E-state index in [1.807, 2.05) is 18.2 Å². The molecule has 0 bridgehead atoms. The van der Waals surface area contributed by atoms with E-state index in [1.54, 1.807) is 0 Å². The van der Waals surface area contributed by atoms with Crippen molar-refractivity contribution in [1.29, 1.82) is 0 Å². The summed E-state index contributed by atoms with van der Waals surface area (Å²) < 4.78 is 26.9. The molecule has 5 rings (SSSR count). The summed E-state index contributed by atoms with van der Waals surface area (Å²) in [6.45, 7) is 12.6. The molecular formula is C28H41FN6O2. The molecule has 1 unspecified atom stereocenters. The number of anilines is 3. The average Bonchev–Trinajstić information content (AvgIpc) is 2.85. The lowest BCUT2D eigenvalue weighted by Crippen LogP contribution is -2.61. The molecule has 1 atom stereocenters. The number of aromatic nitrogens is 2. The van der Waals surface area contributed by atoms with E-state index in [0.29, 0.717) is 18.3 Å². The molecule has 0 aliphatic carbocycles. The van der Waals surface area contributed by atoms with Gasteiger partial charge in [-0.15, -0.1) is 0 Å². The Morgan fingerprint density at radius 2 is 1.78 bits per heavy atom. The molecule has 8 nitrogen and oxygen atoms in total. The first kappa shape index (κ1) is 26.0. The van der Waals surface area contributed by atoms with Crippen LogP contribution in [0.2, 0.25) is 0 Å². The van der Waals surface area contributed by atoms with Crippen molar-refractivity contribution < 1.29 is 13.9 Å². The van der Waals surface area contributed by atoms with E-state index in [-0.39, 0.29) is 29.0 Å². The van der Waals surface area contributed by atoms with E-state index in [2.05, 4.69) is 65.1 Å². The van der Waals surface area contributed by atoms with Gasteiger partial charge >= 0.3 is 0 Å². The van der Waals surface area contributed by atoms with Gasteiger partial charge in [-0.25, -0.2) is 9.37 Å². The van der Waals surface area contributed by atoms with E-state index in [4.69, 9.17) is 9.47 Å². The molecule has 202 valence electrons. The van der Waals surface area contributed by atoms with Crippen molar-refractivity contribution in [2.24, 2.45) is 0 Å². The number of hydrogen-bond donors (Lipinski definition) is 2. The van der Waals surface area contributed by atoms with Crippen molar-refractivity contribution in [2.75, 3.05) is 43.9 Å². The Morgan fingerprint density at radius 1 is 1.05 bits per heavy atom. The van der Waals surface area contributed by atoms with Crippen LogP contribution in [0.4, 0.5) is 21.8 Å². The van der Waals surface area contributed by atoms with Crippen molar-refractivity contribution in [2.45, 2.75) is 83.0 Å². The first-order valence-corrected chi connectivity index (χ1v) is 13.5. The van der Waals surface area contributed by atoms with Crippen LogP contribution in [0, 0.1) is 5.82 Å². The van der Waals surface area contributed by atoms with E-state index in [1.165, 1.54) is 25.5 Å². The predicted molar refractivity (Wildman–Crippen MR) is 144 cm³/mol. The Labute approximate surface area is 219 Å². The molecule has 1 aromatic carbocycles. The zero-order valence-electron chi connectivity index (χ0n) is 22.8. The van der Waals surface area contributed by atoms with Gasteiger partial charge in [-0.2, -0.15) is 4.98 Å². The second-order valence-electron chi connectivity index (χ2n) is 12.0. The Balaban J connectivity index is 1.23. The van der Waals surface area contributed by atoms with Gasteiger partial charge in [0.1, 0.15) is 12.7 Å². The van der Waals surface area contributed by atoms with Crippen LogP contribution in [0.5, 0.6) is 11.5 Å². The van der Waals surface area contributed by atoms with Gasteiger partial charge in [0.15, 0.2) is 23.1 Å². The van der Waals surface area contributed by atoms with Crippen LogP contribution in [-0.4, -0.2) is 76.3 Å². The number of rotatable bonds is 6. The summed E-state index contributed by atoms with van der Waals surface area (Å²) in [6, 6.07) is 5.80. The lowest BCUT2D eigenvalue weighted by Gasteiger charge is -2.53. The number of halogens is 1. The highest BCUT2D eigenvalue weighted by Gasteiger charge is 2.43.